The Hall–Kier alpha value is -3.15. The Bertz CT molecular complexity index is 924. The van der Waals surface area contributed by atoms with Gasteiger partial charge in [0.25, 0.3) is 0 Å². The zero-order valence-electron chi connectivity index (χ0n) is 15.1. The van der Waals surface area contributed by atoms with Crippen molar-refractivity contribution in [1.29, 1.82) is 0 Å². The highest BCUT2D eigenvalue weighted by Gasteiger charge is 2.31. The van der Waals surface area contributed by atoms with E-state index in [9.17, 15) is 14.4 Å². The molecule has 3 amide bonds. The van der Waals surface area contributed by atoms with Crippen LogP contribution in [0.1, 0.15) is 36.1 Å². The van der Waals surface area contributed by atoms with Crippen molar-refractivity contribution in [3.8, 4) is 0 Å². The summed E-state index contributed by atoms with van der Waals surface area (Å²) in [4.78, 5) is 38.4. The van der Waals surface area contributed by atoms with E-state index >= 15 is 0 Å². The highest BCUT2D eigenvalue weighted by Crippen LogP contribution is 2.38. The molecule has 0 radical (unpaired) electrons. The van der Waals surface area contributed by atoms with Crippen molar-refractivity contribution in [1.82, 2.24) is 5.32 Å². The number of amides is 3. The second-order valence-electron chi connectivity index (χ2n) is 7.00. The van der Waals surface area contributed by atoms with Gasteiger partial charge in [0.2, 0.25) is 5.91 Å². The Morgan fingerprint density at radius 3 is 2.44 bits per heavy atom. The number of rotatable bonds is 3. The smallest absolute Gasteiger partial charge is 0.313 e. The highest BCUT2D eigenvalue weighted by atomic mass is 16.2. The van der Waals surface area contributed by atoms with Gasteiger partial charge in [-0.05, 0) is 48.6 Å². The third-order valence-electron chi connectivity index (χ3n) is 5.16. The van der Waals surface area contributed by atoms with E-state index in [0.717, 1.165) is 28.8 Å². The standard InChI is InChI=1S/C21H21N3O3/c1-13(14-5-3-2-4-6-14)22-20(26)21(27)23-17-11-15-7-8-18(25)24-10-9-16(12-17)19(15)24/h2-6,11-13H,7-10H2,1H3,(H,22,26)(H,23,27)/t13-/m1/s1. The Morgan fingerprint density at radius 1 is 1.00 bits per heavy atom. The SMILES string of the molecule is C[C@@H](NC(=O)C(=O)Nc1cc2c3c(c1)CCN3C(=O)CC2)c1ccccc1. The first-order valence-corrected chi connectivity index (χ1v) is 9.16. The zero-order chi connectivity index (χ0) is 19.0. The average molecular weight is 363 g/mol. The molecule has 0 saturated carbocycles. The first kappa shape index (κ1) is 17.3. The number of hydrogen-bond acceptors (Lipinski definition) is 3. The molecule has 2 aliphatic heterocycles. The molecule has 2 aliphatic rings. The molecule has 0 spiro atoms. The van der Waals surface area contributed by atoms with Gasteiger partial charge in [0.1, 0.15) is 0 Å². The van der Waals surface area contributed by atoms with Crippen molar-refractivity contribution in [2.24, 2.45) is 0 Å². The molecule has 4 rings (SSSR count). The van der Waals surface area contributed by atoms with E-state index < -0.39 is 11.8 Å². The molecular formula is C21H21N3O3. The zero-order valence-corrected chi connectivity index (χ0v) is 15.1. The number of nitrogens with zero attached hydrogens (tertiary/aromatic N) is 1. The Kier molecular flexibility index (Phi) is 4.39. The monoisotopic (exact) mass is 363 g/mol. The molecule has 138 valence electrons. The van der Waals surface area contributed by atoms with E-state index in [2.05, 4.69) is 10.6 Å². The van der Waals surface area contributed by atoms with Gasteiger partial charge in [-0.15, -0.1) is 0 Å². The molecule has 27 heavy (non-hydrogen) atoms. The molecule has 2 heterocycles. The normalized spacial score (nSPS) is 15.9. The maximum atomic E-state index is 12.3. The maximum Gasteiger partial charge on any atom is 0.313 e. The van der Waals surface area contributed by atoms with E-state index in [-0.39, 0.29) is 11.9 Å². The molecule has 6 nitrogen and oxygen atoms in total. The van der Waals surface area contributed by atoms with E-state index in [1.807, 2.05) is 54.3 Å². The van der Waals surface area contributed by atoms with Crippen molar-refractivity contribution in [2.45, 2.75) is 32.2 Å². The average Bonchev–Trinajstić information content (AvgIpc) is 3.10. The van der Waals surface area contributed by atoms with Crippen molar-refractivity contribution >= 4 is 29.1 Å². The van der Waals surface area contributed by atoms with Gasteiger partial charge in [0, 0.05) is 18.7 Å². The molecule has 2 aromatic carbocycles. The van der Waals surface area contributed by atoms with Gasteiger partial charge in [0.15, 0.2) is 0 Å². The summed E-state index contributed by atoms with van der Waals surface area (Å²) < 4.78 is 0. The molecular weight excluding hydrogens is 342 g/mol. The number of benzene rings is 2. The minimum Gasteiger partial charge on any atom is -0.341 e. The predicted octanol–water partition coefficient (Wildman–Crippen LogP) is 2.34. The minimum absolute atomic E-state index is 0.160. The number of nitrogens with one attached hydrogen (secondary N) is 2. The van der Waals surface area contributed by atoms with Crippen molar-refractivity contribution in [2.75, 3.05) is 16.8 Å². The number of carbonyl (C=O) groups excluding carboxylic acids is 3. The first-order valence-electron chi connectivity index (χ1n) is 9.16. The van der Waals surface area contributed by atoms with Crippen LogP contribution in [0, 0.1) is 0 Å². The lowest BCUT2D eigenvalue weighted by Gasteiger charge is -2.25. The second kappa shape index (κ2) is 6.87. The molecule has 6 heteroatoms. The summed E-state index contributed by atoms with van der Waals surface area (Å²) in [5.74, 6) is -1.20. The molecule has 2 aromatic rings. The topological polar surface area (TPSA) is 78.5 Å². The van der Waals surface area contributed by atoms with Crippen LogP contribution in [0.5, 0.6) is 0 Å². The van der Waals surface area contributed by atoms with Crippen LogP contribution in [0.2, 0.25) is 0 Å². The Morgan fingerprint density at radius 2 is 1.70 bits per heavy atom. The van der Waals surface area contributed by atoms with Gasteiger partial charge < -0.3 is 15.5 Å². The van der Waals surface area contributed by atoms with Crippen LogP contribution in [0.4, 0.5) is 11.4 Å². The Labute approximate surface area is 157 Å². The Balaban J connectivity index is 1.46. The van der Waals surface area contributed by atoms with Gasteiger partial charge in [-0.3, -0.25) is 14.4 Å². The van der Waals surface area contributed by atoms with E-state index in [1.165, 1.54) is 0 Å². The third kappa shape index (κ3) is 3.30. The lowest BCUT2D eigenvalue weighted by Crippen LogP contribution is -2.37. The van der Waals surface area contributed by atoms with Crippen LogP contribution < -0.4 is 15.5 Å². The minimum atomic E-state index is -0.688. The lowest BCUT2D eigenvalue weighted by molar-refractivity contribution is -0.136. The molecule has 0 aliphatic carbocycles. The molecule has 0 aromatic heterocycles. The molecule has 0 unspecified atom stereocenters. The summed E-state index contributed by atoms with van der Waals surface area (Å²) in [5, 5.41) is 5.42. The second-order valence-corrected chi connectivity index (χ2v) is 7.00. The first-order chi connectivity index (χ1) is 13.0. The van der Waals surface area contributed by atoms with Crippen LogP contribution in [0.15, 0.2) is 42.5 Å². The summed E-state index contributed by atoms with van der Waals surface area (Å²) in [7, 11) is 0. The maximum absolute atomic E-state index is 12.3. The number of carbonyl (C=O) groups is 3. The molecule has 1 atom stereocenters. The summed E-state index contributed by atoms with van der Waals surface area (Å²) in [6, 6.07) is 13.0. The lowest BCUT2D eigenvalue weighted by atomic mass is 9.98. The summed E-state index contributed by atoms with van der Waals surface area (Å²) >= 11 is 0. The number of hydrogen-bond donors (Lipinski definition) is 2. The van der Waals surface area contributed by atoms with Crippen molar-refractivity contribution in [3.63, 3.8) is 0 Å². The molecule has 0 fully saturated rings. The summed E-state index contributed by atoms with van der Waals surface area (Å²) in [6.07, 6.45) is 1.92. The van der Waals surface area contributed by atoms with Crippen LogP contribution in [-0.4, -0.2) is 24.3 Å². The van der Waals surface area contributed by atoms with E-state index in [0.29, 0.717) is 25.1 Å². The third-order valence-corrected chi connectivity index (χ3v) is 5.16. The van der Waals surface area contributed by atoms with Crippen LogP contribution in [-0.2, 0) is 27.2 Å². The van der Waals surface area contributed by atoms with Gasteiger partial charge in [-0.25, -0.2) is 0 Å². The van der Waals surface area contributed by atoms with E-state index in [4.69, 9.17) is 0 Å². The van der Waals surface area contributed by atoms with Gasteiger partial charge in [-0.1, -0.05) is 30.3 Å². The molecule has 0 saturated heterocycles. The fraction of sp³-hybridized carbons (Fsp3) is 0.286. The molecule has 0 bridgehead atoms. The predicted molar refractivity (Wildman–Crippen MR) is 102 cm³/mol. The largest absolute Gasteiger partial charge is 0.341 e. The molecule has 2 N–H and O–H groups in total. The van der Waals surface area contributed by atoms with Crippen LogP contribution in [0.3, 0.4) is 0 Å². The van der Waals surface area contributed by atoms with E-state index in [1.54, 1.807) is 0 Å². The highest BCUT2D eigenvalue weighted by molar-refractivity contribution is 6.39. The van der Waals surface area contributed by atoms with Crippen molar-refractivity contribution in [3.05, 3.63) is 59.2 Å². The van der Waals surface area contributed by atoms with Crippen molar-refractivity contribution < 1.29 is 14.4 Å². The fourth-order valence-electron chi connectivity index (χ4n) is 3.81. The number of anilines is 2. The van der Waals surface area contributed by atoms with Gasteiger partial charge in [-0.2, -0.15) is 0 Å². The van der Waals surface area contributed by atoms with Gasteiger partial charge >= 0.3 is 11.8 Å². The number of aryl methyl sites for hydroxylation is 1. The summed E-state index contributed by atoms with van der Waals surface area (Å²) in [6.45, 7) is 2.53. The van der Waals surface area contributed by atoms with Crippen LogP contribution in [0.25, 0.3) is 0 Å². The van der Waals surface area contributed by atoms with Gasteiger partial charge in [0.05, 0.1) is 11.7 Å². The fourth-order valence-corrected chi connectivity index (χ4v) is 3.81. The summed E-state index contributed by atoms with van der Waals surface area (Å²) in [5.41, 5.74) is 4.64. The van der Waals surface area contributed by atoms with Crippen LogP contribution >= 0.6 is 0 Å². The quantitative estimate of drug-likeness (QED) is 0.822.